The summed E-state index contributed by atoms with van der Waals surface area (Å²) in [4.78, 5) is 9.17. The van der Waals surface area contributed by atoms with Crippen LogP contribution >= 0.6 is 22.7 Å². The van der Waals surface area contributed by atoms with Crippen molar-refractivity contribution in [2.24, 2.45) is 17.8 Å². The molecule has 4 aliphatic carbocycles. The van der Waals surface area contributed by atoms with Gasteiger partial charge < -0.3 is 0 Å². The Labute approximate surface area is 156 Å². The summed E-state index contributed by atoms with van der Waals surface area (Å²) >= 11 is 3.71. The normalized spacial score (nSPS) is 33.6. The van der Waals surface area contributed by atoms with Crippen molar-refractivity contribution in [1.82, 2.24) is 9.38 Å². The van der Waals surface area contributed by atoms with Crippen molar-refractivity contribution in [2.75, 3.05) is 0 Å². The minimum absolute atomic E-state index is 0.400. The van der Waals surface area contributed by atoms with E-state index in [1.54, 1.807) is 0 Å². The lowest BCUT2D eigenvalue weighted by Crippen LogP contribution is -2.48. The minimum Gasteiger partial charge on any atom is -0.290 e. The fraction of sp³-hybridized carbons (Fsp3) is 0.571. The first-order valence-electron chi connectivity index (χ1n) is 9.64. The van der Waals surface area contributed by atoms with Crippen molar-refractivity contribution in [2.45, 2.75) is 57.8 Å². The van der Waals surface area contributed by atoms with Gasteiger partial charge >= 0.3 is 0 Å². The van der Waals surface area contributed by atoms with Crippen molar-refractivity contribution in [3.8, 4) is 11.3 Å². The first-order valence-corrected chi connectivity index (χ1v) is 11.3. The van der Waals surface area contributed by atoms with E-state index in [0.717, 1.165) is 17.8 Å². The predicted molar refractivity (Wildman–Crippen MR) is 106 cm³/mol. The molecule has 0 unspecified atom stereocenters. The number of thiazole rings is 1. The largest absolute Gasteiger partial charge is 0.290 e. The molecule has 0 saturated heterocycles. The predicted octanol–water partition coefficient (Wildman–Crippen LogP) is 6.21. The third-order valence-electron chi connectivity index (χ3n) is 7.11. The molecule has 3 aromatic heterocycles. The zero-order chi connectivity index (χ0) is 16.8. The van der Waals surface area contributed by atoms with Gasteiger partial charge in [-0.15, -0.1) is 22.7 Å². The van der Waals surface area contributed by atoms with Crippen molar-refractivity contribution in [3.05, 3.63) is 33.1 Å². The Morgan fingerprint density at radius 3 is 2.36 bits per heavy atom. The number of thiophene rings is 1. The highest BCUT2D eigenvalue weighted by molar-refractivity contribution is 7.15. The zero-order valence-electron chi connectivity index (χ0n) is 14.9. The van der Waals surface area contributed by atoms with Gasteiger partial charge in [0.05, 0.1) is 11.4 Å². The van der Waals surface area contributed by atoms with Gasteiger partial charge in [0.15, 0.2) is 4.96 Å². The molecule has 3 aromatic rings. The van der Waals surface area contributed by atoms with E-state index >= 15 is 0 Å². The third-order valence-corrected chi connectivity index (χ3v) is 8.91. The highest BCUT2D eigenvalue weighted by Gasteiger charge is 2.52. The fourth-order valence-corrected chi connectivity index (χ4v) is 8.35. The van der Waals surface area contributed by atoms with E-state index < -0.39 is 0 Å². The topological polar surface area (TPSA) is 17.3 Å². The van der Waals surface area contributed by atoms with Crippen molar-refractivity contribution in [3.63, 3.8) is 0 Å². The van der Waals surface area contributed by atoms with Crippen LogP contribution in [0.3, 0.4) is 0 Å². The van der Waals surface area contributed by atoms with Gasteiger partial charge in [0.2, 0.25) is 0 Å². The number of hydrogen-bond acceptors (Lipinski definition) is 3. The van der Waals surface area contributed by atoms with E-state index in [1.165, 1.54) is 70.2 Å². The maximum absolute atomic E-state index is 5.17. The Bertz CT molecular complexity index is 938. The van der Waals surface area contributed by atoms with Crippen LogP contribution in [0.5, 0.6) is 0 Å². The van der Waals surface area contributed by atoms with E-state index in [-0.39, 0.29) is 0 Å². The van der Waals surface area contributed by atoms with Crippen LogP contribution in [0.15, 0.2) is 17.6 Å². The molecule has 4 saturated carbocycles. The Morgan fingerprint density at radius 1 is 1.08 bits per heavy atom. The average molecular weight is 369 g/mol. The minimum atomic E-state index is 0.400. The van der Waals surface area contributed by atoms with Crippen molar-refractivity contribution in [1.29, 1.82) is 0 Å². The summed E-state index contributed by atoms with van der Waals surface area (Å²) in [5.74, 6) is 2.94. The van der Waals surface area contributed by atoms with Gasteiger partial charge in [-0.2, -0.15) is 0 Å². The Morgan fingerprint density at radius 2 is 1.76 bits per heavy atom. The van der Waals surface area contributed by atoms with Gasteiger partial charge in [0.1, 0.15) is 0 Å². The number of aryl methyl sites for hydroxylation is 2. The molecule has 2 nitrogen and oxygen atoms in total. The van der Waals surface area contributed by atoms with Crippen LogP contribution in [0.2, 0.25) is 0 Å². The molecular weight excluding hydrogens is 344 g/mol. The maximum Gasteiger partial charge on any atom is 0.194 e. The first kappa shape index (κ1) is 15.0. The maximum atomic E-state index is 5.17. The van der Waals surface area contributed by atoms with E-state index in [1.807, 2.05) is 22.7 Å². The Kier molecular flexibility index (Phi) is 2.98. The van der Waals surface area contributed by atoms with Crippen LogP contribution in [0.4, 0.5) is 0 Å². The number of nitrogens with zero attached hydrogens (tertiary/aromatic N) is 2. The van der Waals surface area contributed by atoms with Gasteiger partial charge in [-0.3, -0.25) is 4.40 Å². The van der Waals surface area contributed by atoms with Crippen LogP contribution in [-0.4, -0.2) is 9.38 Å². The molecule has 0 aromatic carbocycles. The SMILES string of the molecule is Cc1cc(-c2csc3nc(C45CC6CC(CC(C6)C4)C5)cn23)c(C)s1. The van der Waals surface area contributed by atoms with E-state index in [9.17, 15) is 0 Å². The van der Waals surface area contributed by atoms with Crippen LogP contribution in [0.25, 0.3) is 16.2 Å². The second-order valence-electron chi connectivity index (χ2n) is 8.92. The second kappa shape index (κ2) is 4.98. The summed E-state index contributed by atoms with van der Waals surface area (Å²) in [6.07, 6.45) is 11.1. The molecule has 0 spiro atoms. The molecule has 4 aliphatic rings. The molecule has 3 heterocycles. The second-order valence-corrected chi connectivity index (χ2v) is 11.2. The summed E-state index contributed by atoms with van der Waals surface area (Å²) in [5, 5.41) is 2.29. The number of imidazole rings is 1. The lowest BCUT2D eigenvalue weighted by atomic mass is 9.49. The first-order chi connectivity index (χ1) is 12.1. The molecule has 130 valence electrons. The average Bonchev–Trinajstić information content (AvgIpc) is 3.20. The van der Waals surface area contributed by atoms with Crippen molar-refractivity contribution >= 4 is 27.6 Å². The van der Waals surface area contributed by atoms with Crippen LogP contribution in [0, 0.1) is 31.6 Å². The zero-order valence-corrected chi connectivity index (χ0v) is 16.6. The fourth-order valence-electron chi connectivity index (χ4n) is 6.54. The molecule has 25 heavy (non-hydrogen) atoms. The third kappa shape index (κ3) is 2.10. The van der Waals surface area contributed by atoms with Crippen LogP contribution < -0.4 is 0 Å². The number of hydrogen-bond donors (Lipinski definition) is 0. The van der Waals surface area contributed by atoms with E-state index in [2.05, 4.69) is 35.9 Å². The number of fused-ring (bicyclic) bond motifs is 1. The number of aromatic nitrogens is 2. The Balaban J connectivity index is 1.47. The highest BCUT2D eigenvalue weighted by atomic mass is 32.1. The molecule has 4 fully saturated rings. The van der Waals surface area contributed by atoms with Crippen LogP contribution in [-0.2, 0) is 5.41 Å². The summed E-state index contributed by atoms with van der Waals surface area (Å²) in [6, 6.07) is 2.34. The molecule has 4 heteroatoms. The van der Waals surface area contributed by atoms with Gasteiger partial charge in [0, 0.05) is 32.3 Å². The van der Waals surface area contributed by atoms with Gasteiger partial charge in [-0.05, 0) is 76.2 Å². The lowest BCUT2D eigenvalue weighted by molar-refractivity contribution is -0.00696. The summed E-state index contributed by atoms with van der Waals surface area (Å²) in [6.45, 7) is 4.45. The molecule has 0 amide bonds. The van der Waals surface area contributed by atoms with Gasteiger partial charge in [-0.25, -0.2) is 4.98 Å². The van der Waals surface area contributed by atoms with Crippen molar-refractivity contribution < 1.29 is 0 Å². The molecule has 0 N–H and O–H groups in total. The lowest BCUT2D eigenvalue weighted by Gasteiger charge is -2.56. The standard InChI is InChI=1S/C21H24N2S2/c1-12-3-17(13(2)25-12)18-11-24-20-22-19(10-23(18)20)21-7-14-4-15(8-21)6-16(5-14)9-21/h3,10-11,14-16H,4-9H2,1-2H3. The quantitative estimate of drug-likeness (QED) is 0.526. The van der Waals surface area contributed by atoms with E-state index in [4.69, 9.17) is 4.98 Å². The highest BCUT2D eigenvalue weighted by Crippen LogP contribution is 2.60. The monoisotopic (exact) mass is 368 g/mol. The summed E-state index contributed by atoms with van der Waals surface area (Å²) < 4.78 is 2.38. The molecule has 0 atom stereocenters. The Hall–Kier alpha value is -1.13. The van der Waals surface area contributed by atoms with E-state index in [0.29, 0.717) is 5.41 Å². The molecule has 7 rings (SSSR count). The van der Waals surface area contributed by atoms with Gasteiger partial charge in [-0.1, -0.05) is 0 Å². The molecule has 0 radical (unpaired) electrons. The van der Waals surface area contributed by atoms with Gasteiger partial charge in [0.25, 0.3) is 0 Å². The number of rotatable bonds is 2. The molecule has 0 aliphatic heterocycles. The molecular formula is C21H24N2S2. The smallest absolute Gasteiger partial charge is 0.194 e. The summed E-state index contributed by atoms with van der Waals surface area (Å²) in [7, 11) is 0. The van der Waals surface area contributed by atoms with Crippen LogP contribution in [0.1, 0.15) is 54.0 Å². The molecule has 4 bridgehead atoms. The summed E-state index contributed by atoms with van der Waals surface area (Å²) in [5.41, 5.74) is 4.54.